The molecule has 0 atom stereocenters. The van der Waals surface area contributed by atoms with Crippen LogP contribution < -0.4 is 20.3 Å². The van der Waals surface area contributed by atoms with E-state index in [1.165, 1.54) is 31.5 Å². The minimum atomic E-state index is 0.447. The van der Waals surface area contributed by atoms with Crippen molar-refractivity contribution >= 4 is 28.8 Å². The van der Waals surface area contributed by atoms with Gasteiger partial charge in [-0.25, -0.2) is 4.98 Å². The Kier molecular flexibility index (Phi) is 5.59. The summed E-state index contributed by atoms with van der Waals surface area (Å²) in [6, 6.07) is 7.36. The Morgan fingerprint density at radius 2 is 1.88 bits per heavy atom. The van der Waals surface area contributed by atoms with E-state index < -0.39 is 0 Å². The Labute approximate surface area is 194 Å². The number of halogens is 1. The highest BCUT2D eigenvalue weighted by molar-refractivity contribution is 6.33. The van der Waals surface area contributed by atoms with Crippen LogP contribution >= 0.6 is 11.6 Å². The van der Waals surface area contributed by atoms with E-state index in [0.717, 1.165) is 60.7 Å². The third-order valence-corrected chi connectivity index (χ3v) is 7.61. The summed E-state index contributed by atoms with van der Waals surface area (Å²) in [7, 11) is 0. The third-order valence-electron chi connectivity index (χ3n) is 7.34. The van der Waals surface area contributed by atoms with Crippen molar-refractivity contribution < 1.29 is 9.47 Å². The zero-order chi connectivity index (χ0) is 21.5. The van der Waals surface area contributed by atoms with Gasteiger partial charge in [-0.3, -0.25) is 4.90 Å². The molecule has 0 unspecified atom stereocenters. The number of aromatic nitrogens is 1. The number of hydrogen-bond donors (Lipinski definition) is 2. The number of fused-ring (bicyclic) bond motifs is 2. The summed E-state index contributed by atoms with van der Waals surface area (Å²) in [4.78, 5) is 9.56. The first kappa shape index (κ1) is 20.5. The number of piperidine rings is 1. The minimum absolute atomic E-state index is 0.447. The first-order valence-corrected chi connectivity index (χ1v) is 12.1. The zero-order valence-electron chi connectivity index (χ0n) is 18.3. The van der Waals surface area contributed by atoms with E-state index in [9.17, 15) is 0 Å². The summed E-state index contributed by atoms with van der Waals surface area (Å²) in [5.74, 6) is 2.30. The number of pyridine rings is 1. The third kappa shape index (κ3) is 3.81. The smallest absolute Gasteiger partial charge is 0.143 e. The second kappa shape index (κ2) is 8.71. The van der Waals surface area contributed by atoms with Crippen LogP contribution in [0, 0.1) is 0 Å². The second-order valence-electron chi connectivity index (χ2n) is 9.17. The first-order chi connectivity index (χ1) is 15.8. The summed E-state index contributed by atoms with van der Waals surface area (Å²) in [5, 5.41) is 7.62. The molecular formula is C24H30ClN5O2. The standard InChI is InChI=1S/C24H30ClN5O2/c25-20-14-27-24-19(23(20)30-7-9-31-10-8-30)15-32-22-2-1-17(11-21(22)28-24)16-3-5-29(6-4-16)18-12-26-13-18/h1-2,11,14,16,18,26H,3-10,12-13,15H2,(H,27,28). The Hall–Kier alpha value is -2.06. The molecule has 0 amide bonds. The minimum Gasteiger partial charge on any atom is -0.487 e. The van der Waals surface area contributed by atoms with Gasteiger partial charge >= 0.3 is 0 Å². The molecule has 0 bridgehead atoms. The fraction of sp³-hybridized carbons (Fsp3) is 0.542. The number of morpholine rings is 1. The van der Waals surface area contributed by atoms with Gasteiger partial charge in [-0.05, 0) is 49.5 Å². The van der Waals surface area contributed by atoms with Crippen molar-refractivity contribution in [2.75, 3.05) is 62.7 Å². The maximum Gasteiger partial charge on any atom is 0.143 e. The molecule has 32 heavy (non-hydrogen) atoms. The number of hydrogen-bond acceptors (Lipinski definition) is 7. The number of anilines is 3. The largest absolute Gasteiger partial charge is 0.487 e. The maximum absolute atomic E-state index is 6.60. The Balaban J connectivity index is 1.23. The molecule has 4 aliphatic rings. The van der Waals surface area contributed by atoms with Gasteiger partial charge in [0.15, 0.2) is 0 Å². The van der Waals surface area contributed by atoms with E-state index >= 15 is 0 Å². The summed E-state index contributed by atoms with van der Waals surface area (Å²) in [5.41, 5.74) is 4.41. The van der Waals surface area contributed by atoms with Crippen molar-refractivity contribution in [3.05, 3.63) is 40.5 Å². The molecule has 0 aliphatic carbocycles. The van der Waals surface area contributed by atoms with Crippen LogP contribution in [0.5, 0.6) is 5.75 Å². The molecule has 7 nitrogen and oxygen atoms in total. The molecular weight excluding hydrogens is 426 g/mol. The number of benzene rings is 1. The quantitative estimate of drug-likeness (QED) is 0.735. The lowest BCUT2D eigenvalue weighted by Gasteiger charge is -2.42. The summed E-state index contributed by atoms with van der Waals surface area (Å²) in [6.45, 7) is 8.17. The fourth-order valence-electron chi connectivity index (χ4n) is 5.32. The summed E-state index contributed by atoms with van der Waals surface area (Å²) >= 11 is 6.60. The zero-order valence-corrected chi connectivity index (χ0v) is 19.0. The fourth-order valence-corrected chi connectivity index (χ4v) is 5.60. The van der Waals surface area contributed by atoms with Gasteiger partial charge in [0.2, 0.25) is 0 Å². The molecule has 1 aromatic heterocycles. The number of likely N-dealkylation sites (tertiary alicyclic amines) is 1. The lowest BCUT2D eigenvalue weighted by molar-refractivity contribution is 0.113. The predicted octanol–water partition coefficient (Wildman–Crippen LogP) is 3.36. The molecule has 6 rings (SSSR count). The van der Waals surface area contributed by atoms with Gasteiger partial charge in [-0.2, -0.15) is 0 Å². The predicted molar refractivity (Wildman–Crippen MR) is 127 cm³/mol. The van der Waals surface area contributed by atoms with Gasteiger partial charge in [-0.1, -0.05) is 17.7 Å². The van der Waals surface area contributed by atoms with Gasteiger partial charge in [-0.15, -0.1) is 0 Å². The van der Waals surface area contributed by atoms with Crippen LogP contribution in [0.4, 0.5) is 17.2 Å². The van der Waals surface area contributed by atoms with E-state index in [1.54, 1.807) is 6.20 Å². The van der Waals surface area contributed by atoms with E-state index in [0.29, 0.717) is 30.8 Å². The SMILES string of the molecule is Clc1cnc2c(c1N1CCOCC1)COc1ccc(C3CCN(C4CNC4)CC3)cc1N2. The average molecular weight is 456 g/mol. The molecule has 0 spiro atoms. The molecule has 0 radical (unpaired) electrons. The van der Waals surface area contributed by atoms with Gasteiger partial charge in [0.05, 0.1) is 41.4 Å². The average Bonchev–Trinajstić information content (AvgIpc) is 2.98. The van der Waals surface area contributed by atoms with Crippen molar-refractivity contribution in [1.82, 2.24) is 15.2 Å². The van der Waals surface area contributed by atoms with Crippen LogP contribution in [0.15, 0.2) is 24.4 Å². The molecule has 1 aromatic carbocycles. The van der Waals surface area contributed by atoms with Gasteiger partial charge in [0, 0.05) is 32.2 Å². The van der Waals surface area contributed by atoms with Crippen molar-refractivity contribution in [3.63, 3.8) is 0 Å². The van der Waals surface area contributed by atoms with Gasteiger partial charge in [0.1, 0.15) is 18.2 Å². The maximum atomic E-state index is 6.60. The van der Waals surface area contributed by atoms with Crippen LogP contribution in [0.2, 0.25) is 5.02 Å². The van der Waals surface area contributed by atoms with Crippen molar-refractivity contribution in [3.8, 4) is 5.75 Å². The molecule has 8 heteroatoms. The lowest BCUT2D eigenvalue weighted by atomic mass is 9.88. The number of ether oxygens (including phenoxy) is 2. The summed E-state index contributed by atoms with van der Waals surface area (Å²) in [6.07, 6.45) is 4.17. The number of nitrogens with zero attached hydrogens (tertiary/aromatic N) is 3. The van der Waals surface area contributed by atoms with E-state index in [2.05, 4.69) is 43.6 Å². The van der Waals surface area contributed by atoms with Crippen LogP contribution in [-0.4, -0.2) is 68.4 Å². The molecule has 2 N–H and O–H groups in total. The molecule has 170 valence electrons. The highest BCUT2D eigenvalue weighted by atomic mass is 35.5. The number of nitrogens with one attached hydrogen (secondary N) is 2. The second-order valence-corrected chi connectivity index (χ2v) is 9.58. The van der Waals surface area contributed by atoms with Crippen LogP contribution in [0.1, 0.15) is 29.9 Å². The van der Waals surface area contributed by atoms with Crippen LogP contribution in [0.25, 0.3) is 0 Å². The van der Waals surface area contributed by atoms with Crippen LogP contribution in [0.3, 0.4) is 0 Å². The van der Waals surface area contributed by atoms with E-state index in [1.807, 2.05) is 0 Å². The molecule has 3 fully saturated rings. The highest BCUT2D eigenvalue weighted by Crippen LogP contribution is 2.42. The number of rotatable bonds is 3. The van der Waals surface area contributed by atoms with Crippen LogP contribution in [-0.2, 0) is 11.3 Å². The molecule has 2 aromatic rings. The van der Waals surface area contributed by atoms with Gasteiger partial charge < -0.3 is 25.0 Å². The molecule has 4 aliphatic heterocycles. The van der Waals surface area contributed by atoms with E-state index in [4.69, 9.17) is 21.1 Å². The van der Waals surface area contributed by atoms with Crippen molar-refractivity contribution in [1.29, 1.82) is 0 Å². The Morgan fingerprint density at radius 3 is 2.62 bits per heavy atom. The lowest BCUT2D eigenvalue weighted by Crippen LogP contribution is -2.58. The molecule has 0 saturated carbocycles. The summed E-state index contributed by atoms with van der Waals surface area (Å²) < 4.78 is 11.8. The normalized spacial score (nSPS) is 22.2. The molecule has 3 saturated heterocycles. The Bertz CT molecular complexity index is 985. The van der Waals surface area contributed by atoms with Crippen molar-refractivity contribution in [2.24, 2.45) is 0 Å². The van der Waals surface area contributed by atoms with Crippen molar-refractivity contribution in [2.45, 2.75) is 31.4 Å². The topological polar surface area (TPSA) is 61.9 Å². The Morgan fingerprint density at radius 1 is 1.06 bits per heavy atom. The first-order valence-electron chi connectivity index (χ1n) is 11.7. The van der Waals surface area contributed by atoms with E-state index in [-0.39, 0.29) is 0 Å². The van der Waals surface area contributed by atoms with Gasteiger partial charge in [0.25, 0.3) is 0 Å². The highest BCUT2D eigenvalue weighted by Gasteiger charge is 2.30. The monoisotopic (exact) mass is 455 g/mol. The molecule has 5 heterocycles.